The molecule has 2 aromatic rings. The fourth-order valence-corrected chi connectivity index (χ4v) is 2.98. The highest BCUT2D eigenvalue weighted by Crippen LogP contribution is 2.38. The number of hydrogen-bond acceptors (Lipinski definition) is 2. The minimum absolute atomic E-state index is 0.390. The highest BCUT2D eigenvalue weighted by atomic mass is 35.5. The molecule has 0 spiro atoms. The van der Waals surface area contributed by atoms with Crippen LogP contribution in [0.4, 0.5) is 10.1 Å². The molecule has 0 radical (unpaired) electrons. The van der Waals surface area contributed by atoms with Crippen LogP contribution in [0.1, 0.15) is 36.3 Å². The topological polar surface area (TPSA) is 29.9 Å². The van der Waals surface area contributed by atoms with Gasteiger partial charge in [-0.25, -0.2) is 4.39 Å². The summed E-state index contributed by atoms with van der Waals surface area (Å²) in [6, 6.07) is 5.76. The quantitative estimate of drug-likeness (QED) is 0.924. The molecule has 1 atom stereocenters. The standard InChI is InChI=1S/C15H17ClFN3/c1-2-8-20-15(12(16)9-19-20)13(17)11-5-3-4-10-6-7-18-14(10)11/h3-5,9,13,18H,2,6-8H2,1H3. The van der Waals surface area contributed by atoms with Crippen molar-refractivity contribution in [3.05, 3.63) is 46.2 Å². The fourth-order valence-electron chi connectivity index (χ4n) is 2.74. The molecule has 0 saturated heterocycles. The summed E-state index contributed by atoms with van der Waals surface area (Å²) in [5, 5.41) is 7.83. The minimum Gasteiger partial charge on any atom is -0.384 e. The molecule has 3 nitrogen and oxygen atoms in total. The molecule has 0 bridgehead atoms. The van der Waals surface area contributed by atoms with Crippen LogP contribution in [0.25, 0.3) is 0 Å². The number of fused-ring (bicyclic) bond motifs is 1. The van der Waals surface area contributed by atoms with E-state index in [-0.39, 0.29) is 0 Å². The Kier molecular flexibility index (Phi) is 3.66. The highest BCUT2D eigenvalue weighted by molar-refractivity contribution is 6.31. The van der Waals surface area contributed by atoms with Crippen LogP contribution < -0.4 is 5.32 Å². The predicted molar refractivity (Wildman–Crippen MR) is 79.1 cm³/mol. The van der Waals surface area contributed by atoms with Crippen LogP contribution in [-0.4, -0.2) is 16.3 Å². The van der Waals surface area contributed by atoms with E-state index in [4.69, 9.17) is 11.6 Å². The Hall–Kier alpha value is -1.55. The number of para-hydroxylation sites is 1. The first-order valence-corrected chi connectivity index (χ1v) is 7.31. The Morgan fingerprint density at radius 3 is 3.15 bits per heavy atom. The van der Waals surface area contributed by atoms with E-state index in [1.807, 2.05) is 25.1 Å². The number of alkyl halides is 1. The maximum atomic E-state index is 15.0. The van der Waals surface area contributed by atoms with Gasteiger partial charge in [0.2, 0.25) is 0 Å². The average Bonchev–Trinajstić information content (AvgIpc) is 3.05. The molecular weight excluding hydrogens is 277 g/mol. The summed E-state index contributed by atoms with van der Waals surface area (Å²) in [6.07, 6.45) is 2.10. The zero-order valence-electron chi connectivity index (χ0n) is 11.4. The van der Waals surface area contributed by atoms with Crippen LogP contribution in [-0.2, 0) is 13.0 Å². The van der Waals surface area contributed by atoms with Crippen molar-refractivity contribution in [2.24, 2.45) is 0 Å². The van der Waals surface area contributed by atoms with Crippen molar-refractivity contribution in [1.82, 2.24) is 9.78 Å². The molecule has 0 saturated carbocycles. The molecule has 0 fully saturated rings. The van der Waals surface area contributed by atoms with Gasteiger partial charge in [-0.1, -0.05) is 36.7 Å². The fraction of sp³-hybridized carbons (Fsp3) is 0.400. The van der Waals surface area contributed by atoms with Crippen molar-refractivity contribution in [3.63, 3.8) is 0 Å². The van der Waals surface area contributed by atoms with Gasteiger partial charge in [0.1, 0.15) is 0 Å². The van der Waals surface area contributed by atoms with Gasteiger partial charge in [-0.3, -0.25) is 4.68 Å². The molecule has 1 aliphatic heterocycles. The van der Waals surface area contributed by atoms with Crippen LogP contribution >= 0.6 is 11.6 Å². The van der Waals surface area contributed by atoms with Gasteiger partial charge in [0.05, 0.1) is 16.9 Å². The van der Waals surface area contributed by atoms with Gasteiger partial charge < -0.3 is 5.32 Å². The second kappa shape index (κ2) is 5.44. The number of rotatable bonds is 4. The van der Waals surface area contributed by atoms with Crippen molar-refractivity contribution in [2.75, 3.05) is 11.9 Å². The van der Waals surface area contributed by atoms with Crippen molar-refractivity contribution in [2.45, 2.75) is 32.5 Å². The van der Waals surface area contributed by atoms with Crippen molar-refractivity contribution < 1.29 is 4.39 Å². The van der Waals surface area contributed by atoms with Crippen LogP contribution in [0.5, 0.6) is 0 Å². The maximum Gasteiger partial charge on any atom is 0.170 e. The van der Waals surface area contributed by atoms with Gasteiger partial charge in [-0.15, -0.1) is 0 Å². The first-order chi connectivity index (χ1) is 9.72. The molecule has 106 valence electrons. The normalized spacial score (nSPS) is 14.9. The summed E-state index contributed by atoms with van der Waals surface area (Å²) in [5.41, 5.74) is 3.19. The molecule has 1 aromatic heterocycles. The van der Waals surface area contributed by atoms with E-state index in [0.717, 1.165) is 25.1 Å². The number of anilines is 1. The van der Waals surface area contributed by atoms with Crippen molar-refractivity contribution >= 4 is 17.3 Å². The molecule has 0 amide bonds. The van der Waals surface area contributed by atoms with Gasteiger partial charge in [0.15, 0.2) is 6.17 Å². The molecular formula is C15H17ClFN3. The summed E-state index contributed by atoms with van der Waals surface area (Å²) < 4.78 is 16.7. The summed E-state index contributed by atoms with van der Waals surface area (Å²) in [6.45, 7) is 3.57. The van der Waals surface area contributed by atoms with Crippen LogP contribution in [0.3, 0.4) is 0 Å². The Bertz CT molecular complexity index is 624. The molecule has 1 N–H and O–H groups in total. The third kappa shape index (κ3) is 2.18. The van der Waals surface area contributed by atoms with Crippen LogP contribution in [0.2, 0.25) is 5.02 Å². The number of nitrogens with one attached hydrogen (secondary N) is 1. The third-order valence-electron chi connectivity index (χ3n) is 3.66. The van der Waals surface area contributed by atoms with Gasteiger partial charge in [-0.05, 0) is 18.4 Å². The molecule has 1 unspecified atom stereocenters. The van der Waals surface area contributed by atoms with Gasteiger partial charge in [-0.2, -0.15) is 5.10 Å². The Morgan fingerprint density at radius 1 is 1.50 bits per heavy atom. The van der Waals surface area contributed by atoms with Crippen LogP contribution in [0.15, 0.2) is 24.4 Å². The average molecular weight is 294 g/mol. The van der Waals surface area contributed by atoms with Crippen molar-refractivity contribution in [1.29, 1.82) is 0 Å². The molecule has 0 aliphatic carbocycles. The van der Waals surface area contributed by atoms with E-state index in [1.54, 1.807) is 4.68 Å². The van der Waals surface area contributed by atoms with Gasteiger partial charge >= 0.3 is 0 Å². The lowest BCUT2D eigenvalue weighted by Gasteiger charge is -2.15. The number of halogens is 2. The minimum atomic E-state index is -1.25. The Morgan fingerprint density at radius 2 is 2.35 bits per heavy atom. The van der Waals surface area contributed by atoms with E-state index in [1.165, 1.54) is 11.8 Å². The zero-order valence-corrected chi connectivity index (χ0v) is 12.1. The van der Waals surface area contributed by atoms with Crippen molar-refractivity contribution in [3.8, 4) is 0 Å². The number of aryl methyl sites for hydroxylation is 1. The Labute approximate surface area is 122 Å². The predicted octanol–water partition coefficient (Wildman–Crippen LogP) is 3.97. The molecule has 3 rings (SSSR count). The lowest BCUT2D eigenvalue weighted by molar-refractivity contribution is 0.372. The first kappa shape index (κ1) is 13.4. The number of nitrogens with zero attached hydrogens (tertiary/aromatic N) is 2. The third-order valence-corrected chi connectivity index (χ3v) is 3.95. The highest BCUT2D eigenvalue weighted by Gasteiger charge is 2.26. The van der Waals surface area contributed by atoms with E-state index < -0.39 is 6.17 Å². The summed E-state index contributed by atoms with van der Waals surface area (Å²) in [5.74, 6) is 0. The second-order valence-corrected chi connectivity index (χ2v) is 5.43. The number of aromatic nitrogens is 2. The molecule has 2 heterocycles. The maximum absolute atomic E-state index is 15.0. The number of hydrogen-bond donors (Lipinski definition) is 1. The van der Waals surface area contributed by atoms with E-state index in [9.17, 15) is 0 Å². The van der Waals surface area contributed by atoms with Crippen LogP contribution in [0, 0.1) is 0 Å². The number of benzene rings is 1. The monoisotopic (exact) mass is 293 g/mol. The SMILES string of the molecule is CCCn1ncc(Cl)c1C(F)c1cccc2c1NCC2. The molecule has 1 aromatic carbocycles. The summed E-state index contributed by atoms with van der Waals surface area (Å²) >= 11 is 6.13. The van der Waals surface area contributed by atoms with Gasteiger partial charge in [0.25, 0.3) is 0 Å². The molecule has 1 aliphatic rings. The smallest absolute Gasteiger partial charge is 0.170 e. The second-order valence-electron chi connectivity index (χ2n) is 5.02. The van der Waals surface area contributed by atoms with Gasteiger partial charge in [0, 0.05) is 24.3 Å². The van der Waals surface area contributed by atoms with E-state index in [2.05, 4.69) is 10.4 Å². The van der Waals surface area contributed by atoms with E-state index >= 15 is 4.39 Å². The Balaban J connectivity index is 2.03. The molecule has 20 heavy (non-hydrogen) atoms. The molecule has 5 heteroatoms. The largest absolute Gasteiger partial charge is 0.384 e. The zero-order chi connectivity index (χ0) is 14.1. The first-order valence-electron chi connectivity index (χ1n) is 6.93. The summed E-state index contributed by atoms with van der Waals surface area (Å²) in [7, 11) is 0. The van der Waals surface area contributed by atoms with E-state index in [0.29, 0.717) is 22.8 Å². The lowest BCUT2D eigenvalue weighted by atomic mass is 10.0. The lowest BCUT2D eigenvalue weighted by Crippen LogP contribution is -2.09. The summed E-state index contributed by atoms with van der Waals surface area (Å²) in [4.78, 5) is 0.